The van der Waals surface area contributed by atoms with Gasteiger partial charge in [0.05, 0.1) is 11.5 Å². The molecule has 0 saturated heterocycles. The molecule has 0 fully saturated rings. The number of hydrogen-bond donors (Lipinski definition) is 1. The van der Waals surface area contributed by atoms with E-state index in [9.17, 15) is 18.0 Å². The number of halogens is 1. The maximum absolute atomic E-state index is 16.5. The van der Waals surface area contributed by atoms with Gasteiger partial charge in [0, 0.05) is 17.5 Å². The van der Waals surface area contributed by atoms with Crippen molar-refractivity contribution in [2.24, 2.45) is 0 Å². The number of fused-ring (bicyclic) bond motifs is 2. The molecular formula is C19H16FNO5S. The summed E-state index contributed by atoms with van der Waals surface area (Å²) in [5, 5.41) is 0. The molecule has 0 amide bonds. The average Bonchev–Trinajstić information content (AvgIpc) is 3.06. The first-order chi connectivity index (χ1) is 12.8. The predicted molar refractivity (Wildman–Crippen MR) is 93.4 cm³/mol. The highest BCUT2D eigenvalue weighted by Gasteiger charge is 2.71. The second kappa shape index (κ2) is 5.71. The van der Waals surface area contributed by atoms with Gasteiger partial charge >= 0.3 is 5.97 Å². The summed E-state index contributed by atoms with van der Waals surface area (Å²) >= 11 is 0. The van der Waals surface area contributed by atoms with Gasteiger partial charge in [0.25, 0.3) is 0 Å². The van der Waals surface area contributed by atoms with Gasteiger partial charge in [0.15, 0.2) is 5.54 Å². The summed E-state index contributed by atoms with van der Waals surface area (Å²) < 4.78 is 49.0. The molecule has 4 rings (SSSR count). The summed E-state index contributed by atoms with van der Waals surface area (Å²) in [5.41, 5.74) is -4.89. The molecule has 140 valence electrons. The zero-order valence-corrected chi connectivity index (χ0v) is 15.2. The minimum Gasteiger partial charge on any atom is -0.464 e. The lowest BCUT2D eigenvalue weighted by molar-refractivity contribution is -0.156. The molecule has 0 radical (unpaired) electrons. The fourth-order valence-electron chi connectivity index (χ4n) is 3.92. The summed E-state index contributed by atoms with van der Waals surface area (Å²) in [6, 6.07) is 11.9. The zero-order chi connectivity index (χ0) is 19.4. The number of carbonyl (C=O) groups excluding carboxylic acids is 2. The van der Waals surface area contributed by atoms with E-state index in [1.165, 1.54) is 37.3 Å². The first-order valence-electron chi connectivity index (χ1n) is 8.40. The fourth-order valence-corrected chi connectivity index (χ4v) is 5.56. The van der Waals surface area contributed by atoms with Crippen molar-refractivity contribution in [3.63, 3.8) is 0 Å². The summed E-state index contributed by atoms with van der Waals surface area (Å²) in [5.74, 6) is -2.08. The predicted octanol–water partition coefficient (Wildman–Crippen LogP) is 1.88. The monoisotopic (exact) mass is 389 g/mol. The van der Waals surface area contributed by atoms with E-state index in [2.05, 4.69) is 4.72 Å². The topological polar surface area (TPSA) is 89.5 Å². The van der Waals surface area contributed by atoms with Crippen LogP contribution in [0.25, 0.3) is 0 Å². The Balaban J connectivity index is 2.01. The van der Waals surface area contributed by atoms with Crippen molar-refractivity contribution in [3.05, 3.63) is 65.2 Å². The molecule has 2 aliphatic rings. The zero-order valence-electron chi connectivity index (χ0n) is 14.4. The van der Waals surface area contributed by atoms with Gasteiger partial charge in [-0.05, 0) is 18.6 Å². The fraction of sp³-hybridized carbons (Fsp3) is 0.263. The van der Waals surface area contributed by atoms with Crippen molar-refractivity contribution in [2.75, 3.05) is 6.61 Å². The highest BCUT2D eigenvalue weighted by molar-refractivity contribution is 7.90. The molecule has 1 N–H and O–H groups in total. The molecule has 0 spiro atoms. The van der Waals surface area contributed by atoms with E-state index in [4.69, 9.17) is 4.74 Å². The van der Waals surface area contributed by atoms with Gasteiger partial charge in [-0.2, -0.15) is 4.72 Å². The van der Waals surface area contributed by atoms with Gasteiger partial charge in [0.2, 0.25) is 21.5 Å². The Morgan fingerprint density at radius 3 is 2.56 bits per heavy atom. The Morgan fingerprint density at radius 2 is 1.85 bits per heavy atom. The lowest BCUT2D eigenvalue weighted by Gasteiger charge is -2.36. The lowest BCUT2D eigenvalue weighted by Crippen LogP contribution is -2.64. The van der Waals surface area contributed by atoms with Crippen LogP contribution in [-0.2, 0) is 31.5 Å². The van der Waals surface area contributed by atoms with E-state index >= 15 is 4.39 Å². The number of rotatable bonds is 3. The standard InChI is InChI=1S/C19H16FNO5S/c1-2-26-17(23)19(14-9-5-6-10-15(14)27(24,25)21-19)18(20)11-12-7-3-4-8-13(12)16(18)22/h3-10,21H,2,11H2,1H3/t18-,19+/m1/s1. The minimum atomic E-state index is -4.21. The quantitative estimate of drug-likeness (QED) is 0.810. The van der Waals surface area contributed by atoms with E-state index in [1.54, 1.807) is 18.2 Å². The van der Waals surface area contributed by atoms with Crippen molar-refractivity contribution in [1.82, 2.24) is 4.72 Å². The number of esters is 1. The molecule has 2 aromatic carbocycles. The summed E-state index contributed by atoms with van der Waals surface area (Å²) in [6.45, 7) is 1.43. The number of ketones is 1. The van der Waals surface area contributed by atoms with Crippen LogP contribution < -0.4 is 4.72 Å². The van der Waals surface area contributed by atoms with Crippen molar-refractivity contribution >= 4 is 21.8 Å². The molecule has 0 unspecified atom stereocenters. The number of carbonyl (C=O) groups is 2. The van der Waals surface area contributed by atoms with Gasteiger partial charge in [-0.1, -0.05) is 42.5 Å². The molecule has 2 aromatic rings. The van der Waals surface area contributed by atoms with Crippen molar-refractivity contribution in [2.45, 2.75) is 29.4 Å². The van der Waals surface area contributed by atoms with Gasteiger partial charge in [-0.25, -0.2) is 17.6 Å². The molecule has 0 bridgehead atoms. The van der Waals surface area contributed by atoms with E-state index < -0.39 is 39.4 Å². The Morgan fingerprint density at radius 1 is 1.19 bits per heavy atom. The second-order valence-electron chi connectivity index (χ2n) is 6.54. The molecule has 8 heteroatoms. The first kappa shape index (κ1) is 17.8. The SMILES string of the molecule is CCOC(=O)[C@@]1([C@@]2(F)Cc3ccccc3C2=O)NS(=O)(=O)c2ccccc21. The highest BCUT2D eigenvalue weighted by atomic mass is 32.2. The van der Waals surface area contributed by atoms with Crippen LogP contribution in [-0.4, -0.2) is 32.4 Å². The largest absolute Gasteiger partial charge is 0.464 e. The molecule has 1 aliphatic heterocycles. The molecular weight excluding hydrogens is 373 g/mol. The molecule has 2 atom stereocenters. The van der Waals surface area contributed by atoms with Gasteiger partial charge < -0.3 is 4.74 Å². The molecule has 0 saturated carbocycles. The average molecular weight is 389 g/mol. The highest BCUT2D eigenvalue weighted by Crippen LogP contribution is 2.51. The van der Waals surface area contributed by atoms with Crippen LogP contribution in [0.3, 0.4) is 0 Å². The lowest BCUT2D eigenvalue weighted by atomic mass is 9.74. The Kier molecular flexibility index (Phi) is 3.77. The van der Waals surface area contributed by atoms with E-state index in [0.717, 1.165) is 0 Å². The third kappa shape index (κ3) is 2.17. The number of nitrogens with one attached hydrogen (secondary N) is 1. The molecule has 27 heavy (non-hydrogen) atoms. The Labute approximate surface area is 155 Å². The molecule has 1 heterocycles. The summed E-state index contributed by atoms with van der Waals surface area (Å²) in [7, 11) is -4.21. The Hall–Kier alpha value is -2.58. The number of sulfonamides is 1. The number of alkyl halides is 1. The third-order valence-electron chi connectivity index (χ3n) is 5.10. The van der Waals surface area contributed by atoms with Crippen LogP contribution in [0.1, 0.15) is 28.4 Å². The molecule has 1 aliphatic carbocycles. The maximum atomic E-state index is 16.5. The van der Waals surface area contributed by atoms with Crippen LogP contribution in [0.4, 0.5) is 4.39 Å². The molecule has 6 nitrogen and oxygen atoms in total. The van der Waals surface area contributed by atoms with Crippen LogP contribution in [0.15, 0.2) is 53.4 Å². The van der Waals surface area contributed by atoms with E-state index in [-0.39, 0.29) is 22.6 Å². The van der Waals surface area contributed by atoms with Crippen LogP contribution >= 0.6 is 0 Å². The van der Waals surface area contributed by atoms with Crippen LogP contribution in [0.5, 0.6) is 0 Å². The van der Waals surface area contributed by atoms with Gasteiger partial charge in [-0.15, -0.1) is 0 Å². The summed E-state index contributed by atoms with van der Waals surface area (Å²) in [6.07, 6.45) is -0.433. The molecule has 0 aromatic heterocycles. The smallest absolute Gasteiger partial charge is 0.335 e. The number of Topliss-reactive ketones (excluding diaryl/α,β-unsaturated/α-hetero) is 1. The number of hydrogen-bond acceptors (Lipinski definition) is 5. The number of ether oxygens (including phenoxy) is 1. The minimum absolute atomic E-state index is 0.0955. The normalized spacial score (nSPS) is 27.9. The van der Waals surface area contributed by atoms with Gasteiger partial charge in [0.1, 0.15) is 0 Å². The van der Waals surface area contributed by atoms with Crippen LogP contribution in [0, 0.1) is 0 Å². The third-order valence-corrected chi connectivity index (χ3v) is 6.61. The first-order valence-corrected chi connectivity index (χ1v) is 9.88. The maximum Gasteiger partial charge on any atom is 0.335 e. The van der Waals surface area contributed by atoms with E-state index in [0.29, 0.717) is 5.56 Å². The van der Waals surface area contributed by atoms with Crippen molar-refractivity contribution < 1.29 is 27.1 Å². The van der Waals surface area contributed by atoms with Crippen molar-refractivity contribution in [1.29, 1.82) is 0 Å². The second-order valence-corrected chi connectivity index (χ2v) is 8.19. The van der Waals surface area contributed by atoms with Gasteiger partial charge in [-0.3, -0.25) is 4.79 Å². The Bertz CT molecular complexity index is 1080. The summed E-state index contributed by atoms with van der Waals surface area (Å²) in [4.78, 5) is 25.8. The van der Waals surface area contributed by atoms with E-state index in [1.807, 2.05) is 0 Å². The van der Waals surface area contributed by atoms with Crippen molar-refractivity contribution in [3.8, 4) is 0 Å². The number of benzene rings is 2. The van der Waals surface area contributed by atoms with Crippen LogP contribution in [0.2, 0.25) is 0 Å².